The van der Waals surface area contributed by atoms with Crippen molar-refractivity contribution in [1.29, 1.82) is 0 Å². The van der Waals surface area contributed by atoms with Gasteiger partial charge in [-0.1, -0.05) is 0 Å². The summed E-state index contributed by atoms with van der Waals surface area (Å²) in [6.07, 6.45) is 3.22. The van der Waals surface area contributed by atoms with Crippen LogP contribution in [0.3, 0.4) is 0 Å². The molecule has 0 spiro atoms. The van der Waals surface area contributed by atoms with Crippen LogP contribution in [0, 0.1) is 17.1 Å². The Bertz CT molecular complexity index is 563. The highest BCUT2D eigenvalue weighted by Gasteiger charge is 2.18. The van der Waals surface area contributed by atoms with Crippen LogP contribution in [0.1, 0.15) is 19.3 Å². The topological polar surface area (TPSA) is 16.1 Å². The van der Waals surface area contributed by atoms with Crippen molar-refractivity contribution in [3.63, 3.8) is 0 Å². The fraction of sp³-hybridized carbons (Fsp3) is 0.357. The summed E-state index contributed by atoms with van der Waals surface area (Å²) in [5.74, 6) is -0.812. The quantitative estimate of drug-likeness (QED) is 0.829. The maximum Gasteiger partial charge on any atom is 0.152 e. The Hall–Kier alpha value is -1.49. The first-order valence-corrected chi connectivity index (χ1v) is 7.19. The smallest absolute Gasteiger partial charge is 0.152 e. The van der Waals surface area contributed by atoms with Crippen LogP contribution in [-0.4, -0.2) is 18.1 Å². The summed E-state index contributed by atoms with van der Waals surface area (Å²) in [7, 11) is 0. The number of rotatable bonds is 2. The van der Waals surface area contributed by atoms with Crippen LogP contribution in [-0.2, 0) is 0 Å². The van der Waals surface area contributed by atoms with Gasteiger partial charge >= 0.3 is 0 Å². The molecule has 1 aromatic heterocycles. The number of hydrogen-bond donors (Lipinski definition) is 0. The molecule has 1 fully saturated rings. The minimum atomic E-state index is -0.429. The van der Waals surface area contributed by atoms with E-state index in [2.05, 4.69) is 10.5 Å². The number of aromatic nitrogens is 1. The lowest BCUT2D eigenvalue weighted by Gasteiger charge is -2.29. The van der Waals surface area contributed by atoms with Crippen molar-refractivity contribution in [2.45, 2.75) is 19.3 Å². The highest BCUT2D eigenvalue weighted by molar-refractivity contribution is 7.07. The minimum Gasteiger partial charge on any atom is -0.369 e. The molecule has 2 heterocycles. The van der Waals surface area contributed by atoms with Crippen LogP contribution in [0.15, 0.2) is 17.5 Å². The van der Waals surface area contributed by atoms with Gasteiger partial charge in [0.25, 0.3) is 0 Å². The minimum absolute atomic E-state index is 0.204. The fourth-order valence-electron chi connectivity index (χ4n) is 2.42. The molecule has 0 aliphatic carbocycles. The Labute approximate surface area is 114 Å². The molecular formula is C14H13F2N2S. The van der Waals surface area contributed by atoms with Gasteiger partial charge in [-0.25, -0.2) is 13.8 Å². The number of thiazole rings is 1. The van der Waals surface area contributed by atoms with Gasteiger partial charge in [-0.15, -0.1) is 11.3 Å². The van der Waals surface area contributed by atoms with Gasteiger partial charge in [0.15, 0.2) is 5.51 Å². The van der Waals surface area contributed by atoms with Gasteiger partial charge in [0.2, 0.25) is 0 Å². The van der Waals surface area contributed by atoms with E-state index in [9.17, 15) is 8.78 Å². The fourth-order valence-corrected chi connectivity index (χ4v) is 2.91. The standard InChI is InChI=1S/C14H13F2N2S/c15-11-7-14(18-4-2-1-3-5-18)12(16)6-10(11)13-8-19-9-17-13/h6-8H,1-5H2. The SMILES string of the molecule is Fc1cc(N2CCCCC2)c(F)cc1-c1cs[c]n1. The molecule has 0 N–H and O–H groups in total. The van der Waals surface area contributed by atoms with Gasteiger partial charge in [0, 0.05) is 30.1 Å². The van der Waals surface area contributed by atoms with Gasteiger partial charge in [-0.05, 0) is 25.3 Å². The van der Waals surface area contributed by atoms with E-state index >= 15 is 0 Å². The zero-order valence-electron chi connectivity index (χ0n) is 10.3. The predicted octanol–water partition coefficient (Wildman–Crippen LogP) is 3.88. The molecule has 1 saturated heterocycles. The van der Waals surface area contributed by atoms with Crippen molar-refractivity contribution in [2.75, 3.05) is 18.0 Å². The normalized spacial score (nSPS) is 15.8. The van der Waals surface area contributed by atoms with Crippen LogP contribution in [0.5, 0.6) is 0 Å². The van der Waals surface area contributed by atoms with E-state index in [0.717, 1.165) is 32.4 Å². The highest BCUT2D eigenvalue weighted by Crippen LogP contribution is 2.30. The second-order valence-electron chi connectivity index (χ2n) is 4.66. The lowest BCUT2D eigenvalue weighted by atomic mass is 10.1. The zero-order valence-corrected chi connectivity index (χ0v) is 11.1. The first-order valence-electron chi connectivity index (χ1n) is 6.31. The first-order chi connectivity index (χ1) is 9.25. The van der Waals surface area contributed by atoms with Crippen molar-refractivity contribution in [2.24, 2.45) is 0 Å². The third-order valence-corrected chi connectivity index (χ3v) is 3.94. The van der Waals surface area contributed by atoms with Crippen molar-refractivity contribution in [1.82, 2.24) is 4.98 Å². The molecule has 1 aliphatic heterocycles. The molecule has 3 rings (SSSR count). The Morgan fingerprint density at radius 3 is 2.58 bits per heavy atom. The summed E-state index contributed by atoms with van der Waals surface area (Å²) >= 11 is 1.25. The van der Waals surface area contributed by atoms with Gasteiger partial charge in [-0.2, -0.15) is 0 Å². The molecule has 19 heavy (non-hydrogen) atoms. The molecule has 1 aromatic carbocycles. The number of piperidine rings is 1. The van der Waals surface area contributed by atoms with E-state index in [-0.39, 0.29) is 11.4 Å². The van der Waals surface area contributed by atoms with Crippen LogP contribution in [0.4, 0.5) is 14.5 Å². The van der Waals surface area contributed by atoms with Crippen LogP contribution in [0.25, 0.3) is 11.3 Å². The average molecular weight is 279 g/mol. The summed E-state index contributed by atoms with van der Waals surface area (Å²) in [6, 6.07) is 2.53. The van der Waals surface area contributed by atoms with E-state index in [4.69, 9.17) is 0 Å². The second-order valence-corrected chi connectivity index (χ2v) is 5.31. The number of anilines is 1. The summed E-state index contributed by atoms with van der Waals surface area (Å²) in [5.41, 5.74) is 3.65. The zero-order chi connectivity index (χ0) is 13.2. The van der Waals surface area contributed by atoms with Crippen LogP contribution < -0.4 is 4.90 Å². The van der Waals surface area contributed by atoms with Crippen molar-refractivity contribution in [3.05, 3.63) is 34.7 Å². The maximum atomic E-state index is 14.2. The van der Waals surface area contributed by atoms with Gasteiger partial charge < -0.3 is 4.90 Å². The molecule has 2 nitrogen and oxygen atoms in total. The molecule has 99 valence electrons. The molecule has 0 bridgehead atoms. The van der Waals surface area contributed by atoms with Gasteiger partial charge in [0.1, 0.15) is 11.6 Å². The summed E-state index contributed by atoms with van der Waals surface area (Å²) in [5, 5.41) is 1.67. The first kappa shape index (κ1) is 12.5. The van der Waals surface area contributed by atoms with Crippen molar-refractivity contribution in [3.8, 4) is 11.3 Å². The Morgan fingerprint density at radius 1 is 1.11 bits per heavy atom. The molecule has 0 atom stereocenters. The van der Waals surface area contributed by atoms with E-state index < -0.39 is 5.82 Å². The van der Waals surface area contributed by atoms with E-state index in [0.29, 0.717) is 11.4 Å². The van der Waals surface area contributed by atoms with Crippen molar-refractivity contribution < 1.29 is 8.78 Å². The summed E-state index contributed by atoms with van der Waals surface area (Å²) in [4.78, 5) is 5.82. The lowest BCUT2D eigenvalue weighted by Crippen LogP contribution is -2.30. The molecule has 0 amide bonds. The molecule has 5 heteroatoms. The van der Waals surface area contributed by atoms with E-state index in [1.54, 1.807) is 5.38 Å². The average Bonchev–Trinajstić information content (AvgIpc) is 2.96. The Kier molecular flexibility index (Phi) is 3.46. The Morgan fingerprint density at radius 2 is 1.89 bits per heavy atom. The molecular weight excluding hydrogens is 266 g/mol. The van der Waals surface area contributed by atoms with Gasteiger partial charge in [0.05, 0.1) is 11.4 Å². The number of benzene rings is 1. The van der Waals surface area contributed by atoms with Crippen LogP contribution in [0.2, 0.25) is 0 Å². The maximum absolute atomic E-state index is 14.2. The number of nitrogens with zero attached hydrogens (tertiary/aromatic N) is 2. The van der Waals surface area contributed by atoms with Gasteiger partial charge in [-0.3, -0.25) is 0 Å². The van der Waals surface area contributed by atoms with Crippen molar-refractivity contribution >= 4 is 17.0 Å². The number of halogens is 2. The Balaban J connectivity index is 1.97. The highest BCUT2D eigenvalue weighted by atomic mass is 32.1. The largest absolute Gasteiger partial charge is 0.369 e. The third-order valence-electron chi connectivity index (χ3n) is 3.40. The van der Waals surface area contributed by atoms with E-state index in [1.807, 2.05) is 4.90 Å². The summed E-state index contributed by atoms with van der Waals surface area (Å²) < 4.78 is 28.3. The lowest BCUT2D eigenvalue weighted by molar-refractivity contribution is 0.550. The predicted molar refractivity (Wildman–Crippen MR) is 72.4 cm³/mol. The summed E-state index contributed by atoms with van der Waals surface area (Å²) in [6.45, 7) is 1.58. The van der Waals surface area contributed by atoms with E-state index in [1.165, 1.54) is 23.5 Å². The molecule has 2 aromatic rings. The number of hydrogen-bond acceptors (Lipinski definition) is 3. The molecule has 0 unspecified atom stereocenters. The monoisotopic (exact) mass is 279 g/mol. The molecule has 1 aliphatic rings. The van der Waals surface area contributed by atoms with Crippen LogP contribution >= 0.6 is 11.3 Å². The molecule has 1 radical (unpaired) electrons. The molecule has 0 saturated carbocycles. The third kappa shape index (κ3) is 2.47. The second kappa shape index (κ2) is 5.25.